The summed E-state index contributed by atoms with van der Waals surface area (Å²) in [6, 6.07) is 8.76. The molecule has 3 nitrogen and oxygen atoms in total. The van der Waals surface area contributed by atoms with Crippen molar-refractivity contribution < 1.29 is 0 Å². The number of hydrogen-bond acceptors (Lipinski definition) is 2. The van der Waals surface area contributed by atoms with Gasteiger partial charge in [-0.3, -0.25) is 0 Å². The van der Waals surface area contributed by atoms with Crippen LogP contribution in [-0.4, -0.2) is 16.1 Å². The summed E-state index contributed by atoms with van der Waals surface area (Å²) in [6.07, 6.45) is 4.89. The van der Waals surface area contributed by atoms with Gasteiger partial charge in [-0.05, 0) is 24.1 Å². The molecule has 1 N–H and O–H groups in total. The molecule has 1 unspecified atom stereocenters. The van der Waals surface area contributed by atoms with Crippen LogP contribution in [0.2, 0.25) is 0 Å². The molecule has 2 aromatic rings. The van der Waals surface area contributed by atoms with E-state index in [1.165, 1.54) is 11.1 Å². The fourth-order valence-corrected chi connectivity index (χ4v) is 2.34. The van der Waals surface area contributed by atoms with Crippen LogP contribution in [0.3, 0.4) is 0 Å². The van der Waals surface area contributed by atoms with E-state index in [1.54, 1.807) is 0 Å². The minimum absolute atomic E-state index is 0.172. The zero-order valence-corrected chi connectivity index (χ0v) is 11.4. The summed E-state index contributed by atoms with van der Waals surface area (Å²) in [5.41, 5.74) is 2.71. The lowest BCUT2D eigenvalue weighted by atomic mass is 9.98. The number of aromatic nitrogens is 2. The highest BCUT2D eigenvalue weighted by atomic mass is 15.1. The number of benzene rings is 1. The molecule has 1 heterocycles. The number of imidazole rings is 1. The van der Waals surface area contributed by atoms with E-state index in [2.05, 4.69) is 53.0 Å². The molecule has 1 aromatic carbocycles. The van der Waals surface area contributed by atoms with Crippen LogP contribution >= 0.6 is 0 Å². The van der Waals surface area contributed by atoms with Crippen LogP contribution in [0.1, 0.15) is 36.8 Å². The first-order valence-electron chi connectivity index (χ1n) is 6.56. The zero-order chi connectivity index (χ0) is 13.0. The van der Waals surface area contributed by atoms with Crippen molar-refractivity contribution in [2.24, 2.45) is 7.05 Å². The van der Waals surface area contributed by atoms with E-state index >= 15 is 0 Å². The van der Waals surface area contributed by atoms with Crippen molar-refractivity contribution in [3.05, 3.63) is 53.6 Å². The van der Waals surface area contributed by atoms with Gasteiger partial charge in [0, 0.05) is 19.4 Å². The summed E-state index contributed by atoms with van der Waals surface area (Å²) in [7, 11) is 2.04. The number of nitrogens with one attached hydrogen (secondary N) is 1. The predicted octanol–water partition coefficient (Wildman–Crippen LogP) is 2.68. The van der Waals surface area contributed by atoms with Gasteiger partial charge in [-0.25, -0.2) is 4.98 Å². The lowest BCUT2D eigenvalue weighted by molar-refractivity contribution is 0.573. The van der Waals surface area contributed by atoms with Crippen LogP contribution in [0.4, 0.5) is 0 Å². The first-order valence-corrected chi connectivity index (χ1v) is 6.56. The molecule has 0 aliphatic rings. The topological polar surface area (TPSA) is 29.9 Å². The Hall–Kier alpha value is -1.61. The molecular weight excluding hydrogens is 222 g/mol. The van der Waals surface area contributed by atoms with E-state index in [4.69, 9.17) is 0 Å². The van der Waals surface area contributed by atoms with Crippen molar-refractivity contribution in [3.63, 3.8) is 0 Å². The van der Waals surface area contributed by atoms with Gasteiger partial charge in [-0.1, -0.05) is 38.1 Å². The molecule has 18 heavy (non-hydrogen) atoms. The van der Waals surface area contributed by atoms with Crippen molar-refractivity contribution >= 4 is 0 Å². The molecule has 0 aliphatic heterocycles. The molecule has 0 saturated heterocycles. The molecule has 0 radical (unpaired) electrons. The molecule has 3 heteroatoms. The van der Waals surface area contributed by atoms with E-state index in [9.17, 15) is 0 Å². The second kappa shape index (κ2) is 5.83. The molecule has 0 bridgehead atoms. The van der Waals surface area contributed by atoms with Crippen molar-refractivity contribution in [2.45, 2.75) is 26.3 Å². The van der Waals surface area contributed by atoms with Gasteiger partial charge in [-0.2, -0.15) is 0 Å². The Kier molecular flexibility index (Phi) is 4.15. The molecule has 0 saturated carbocycles. The maximum atomic E-state index is 4.49. The van der Waals surface area contributed by atoms with E-state index in [1.807, 2.05) is 19.4 Å². The Morgan fingerprint density at radius 2 is 2.06 bits per heavy atom. The van der Waals surface area contributed by atoms with Gasteiger partial charge in [-0.15, -0.1) is 0 Å². The van der Waals surface area contributed by atoms with Gasteiger partial charge >= 0.3 is 0 Å². The molecular formula is C15H21N3. The van der Waals surface area contributed by atoms with Crippen molar-refractivity contribution in [1.29, 1.82) is 0 Å². The zero-order valence-electron chi connectivity index (χ0n) is 11.4. The van der Waals surface area contributed by atoms with Gasteiger partial charge in [0.15, 0.2) is 0 Å². The average molecular weight is 243 g/mol. The van der Waals surface area contributed by atoms with Crippen LogP contribution in [0.15, 0.2) is 36.7 Å². The molecule has 2 rings (SSSR count). The van der Waals surface area contributed by atoms with Crippen LogP contribution in [0.5, 0.6) is 0 Å². The van der Waals surface area contributed by atoms with Crippen molar-refractivity contribution in [2.75, 3.05) is 6.54 Å². The highest BCUT2D eigenvalue weighted by Gasteiger charge is 2.19. The summed E-state index contributed by atoms with van der Waals surface area (Å²) in [4.78, 5) is 4.49. The standard InChI is InChI=1S/C15H21N3/c1-4-12-8-6-7-9-13(12)14(16-5-2)15-17-10-11-18(15)3/h6-11,14,16H,4-5H2,1-3H3. The molecule has 0 spiro atoms. The molecule has 1 atom stereocenters. The Balaban J connectivity index is 2.45. The quantitative estimate of drug-likeness (QED) is 0.875. The fraction of sp³-hybridized carbons (Fsp3) is 0.400. The first-order chi connectivity index (χ1) is 8.77. The second-order valence-corrected chi connectivity index (χ2v) is 4.44. The van der Waals surface area contributed by atoms with Gasteiger partial charge in [0.05, 0.1) is 6.04 Å². The van der Waals surface area contributed by atoms with Gasteiger partial charge in [0.1, 0.15) is 5.82 Å². The third-order valence-electron chi connectivity index (χ3n) is 3.27. The highest BCUT2D eigenvalue weighted by Crippen LogP contribution is 2.24. The maximum absolute atomic E-state index is 4.49. The molecule has 0 fully saturated rings. The highest BCUT2D eigenvalue weighted by molar-refractivity contribution is 5.33. The van der Waals surface area contributed by atoms with E-state index < -0.39 is 0 Å². The minimum Gasteiger partial charge on any atom is -0.336 e. The van der Waals surface area contributed by atoms with Crippen LogP contribution in [0, 0.1) is 0 Å². The van der Waals surface area contributed by atoms with Gasteiger partial charge in [0.2, 0.25) is 0 Å². The van der Waals surface area contributed by atoms with Crippen LogP contribution < -0.4 is 5.32 Å². The monoisotopic (exact) mass is 243 g/mol. The van der Waals surface area contributed by atoms with Crippen LogP contribution in [-0.2, 0) is 13.5 Å². The summed E-state index contributed by atoms with van der Waals surface area (Å²) >= 11 is 0. The number of rotatable bonds is 5. The second-order valence-electron chi connectivity index (χ2n) is 4.44. The predicted molar refractivity (Wildman–Crippen MR) is 74.5 cm³/mol. The smallest absolute Gasteiger partial charge is 0.130 e. The number of hydrogen-bond donors (Lipinski definition) is 1. The Labute approximate surface area is 109 Å². The normalized spacial score (nSPS) is 12.6. The van der Waals surface area contributed by atoms with Gasteiger partial charge in [0.25, 0.3) is 0 Å². The summed E-state index contributed by atoms with van der Waals surface area (Å²) in [5.74, 6) is 1.07. The van der Waals surface area contributed by atoms with Gasteiger partial charge < -0.3 is 9.88 Å². The fourth-order valence-electron chi connectivity index (χ4n) is 2.34. The van der Waals surface area contributed by atoms with E-state index in [0.717, 1.165) is 18.8 Å². The van der Waals surface area contributed by atoms with Crippen molar-refractivity contribution in [1.82, 2.24) is 14.9 Å². The average Bonchev–Trinajstić information content (AvgIpc) is 2.82. The molecule has 0 amide bonds. The summed E-state index contributed by atoms with van der Waals surface area (Å²) in [6.45, 7) is 5.25. The molecule has 1 aromatic heterocycles. The Morgan fingerprint density at radius 3 is 2.67 bits per heavy atom. The molecule has 96 valence electrons. The summed E-state index contributed by atoms with van der Waals surface area (Å²) < 4.78 is 2.08. The number of nitrogens with zero attached hydrogens (tertiary/aromatic N) is 2. The van der Waals surface area contributed by atoms with Crippen molar-refractivity contribution in [3.8, 4) is 0 Å². The third-order valence-corrected chi connectivity index (χ3v) is 3.27. The van der Waals surface area contributed by atoms with Crippen LogP contribution in [0.25, 0.3) is 0 Å². The Bertz CT molecular complexity index is 502. The minimum atomic E-state index is 0.172. The van der Waals surface area contributed by atoms with E-state index in [0.29, 0.717) is 0 Å². The maximum Gasteiger partial charge on any atom is 0.130 e. The SMILES string of the molecule is CCNC(c1ccccc1CC)c1nccn1C. The molecule has 0 aliphatic carbocycles. The number of aryl methyl sites for hydroxylation is 2. The first kappa shape index (κ1) is 12.8. The van der Waals surface area contributed by atoms with E-state index in [-0.39, 0.29) is 6.04 Å². The third kappa shape index (κ3) is 2.46. The summed E-state index contributed by atoms with van der Waals surface area (Å²) in [5, 5.41) is 3.53. The largest absolute Gasteiger partial charge is 0.336 e. The Morgan fingerprint density at radius 1 is 1.28 bits per heavy atom. The lowest BCUT2D eigenvalue weighted by Gasteiger charge is -2.20. The lowest BCUT2D eigenvalue weighted by Crippen LogP contribution is -2.25.